The van der Waals surface area contributed by atoms with Crippen molar-refractivity contribution in [3.05, 3.63) is 115 Å². The number of methoxy groups -OCH3 is 1. The third-order valence-electron chi connectivity index (χ3n) is 5.55. The summed E-state index contributed by atoms with van der Waals surface area (Å²) in [4.78, 5) is 25.4. The Labute approximate surface area is 207 Å². The Morgan fingerprint density at radius 3 is 2.37 bits per heavy atom. The summed E-state index contributed by atoms with van der Waals surface area (Å²) in [6.07, 6.45) is 13.1. The average Bonchev–Trinajstić information content (AvgIpc) is 3.18. The van der Waals surface area contributed by atoms with Crippen molar-refractivity contribution in [2.24, 2.45) is 0 Å². The number of carbonyl (C=O) groups excluding carboxylic acids is 1. The normalized spacial score (nSPS) is 15.0. The van der Waals surface area contributed by atoms with E-state index in [1.54, 1.807) is 36.7 Å². The molecule has 0 spiro atoms. The van der Waals surface area contributed by atoms with Gasteiger partial charge in [-0.2, -0.15) is 4.39 Å². The Morgan fingerprint density at radius 1 is 1.06 bits per heavy atom. The highest BCUT2D eigenvalue weighted by atomic mass is 19.1. The molecule has 4 rings (SSSR count). The molecule has 0 radical (unpaired) electrons. The first-order valence-corrected chi connectivity index (χ1v) is 11.5. The van der Waals surface area contributed by atoms with Gasteiger partial charge >= 0.3 is 5.97 Å². The summed E-state index contributed by atoms with van der Waals surface area (Å²) in [5, 5.41) is 0. The predicted octanol–water partition coefficient (Wildman–Crippen LogP) is 6.66. The SMILES string of the molecule is C/C=C\CC1(Cc2ccnc(F)c2)c2cccnc2-c2nccc(C(=O)OC)c21.C=CC=C.CC. The highest BCUT2D eigenvalue weighted by Crippen LogP contribution is 2.52. The number of nitrogens with zero attached hydrogens (tertiary/aromatic N) is 3. The number of hydrogen-bond acceptors (Lipinski definition) is 5. The zero-order chi connectivity index (χ0) is 25.8. The molecule has 0 bridgehead atoms. The first kappa shape index (κ1) is 27.3. The van der Waals surface area contributed by atoms with Gasteiger partial charge in [-0.15, -0.1) is 0 Å². The van der Waals surface area contributed by atoms with E-state index in [4.69, 9.17) is 4.74 Å². The molecule has 182 valence electrons. The van der Waals surface area contributed by atoms with Crippen LogP contribution in [0, 0.1) is 5.95 Å². The van der Waals surface area contributed by atoms with Gasteiger partial charge < -0.3 is 4.74 Å². The summed E-state index contributed by atoms with van der Waals surface area (Å²) in [5.74, 6) is -0.963. The fourth-order valence-corrected chi connectivity index (χ4v) is 4.21. The van der Waals surface area contributed by atoms with E-state index in [0.717, 1.165) is 22.4 Å². The number of rotatable bonds is 6. The number of carbonyl (C=O) groups is 1. The maximum absolute atomic E-state index is 13.8. The third kappa shape index (κ3) is 5.77. The molecule has 3 aromatic rings. The van der Waals surface area contributed by atoms with Crippen LogP contribution in [0.2, 0.25) is 0 Å². The second-order valence-corrected chi connectivity index (χ2v) is 7.46. The second kappa shape index (κ2) is 13.1. The first-order chi connectivity index (χ1) is 17.0. The van der Waals surface area contributed by atoms with Crippen LogP contribution in [-0.2, 0) is 16.6 Å². The van der Waals surface area contributed by atoms with Gasteiger partial charge in [-0.1, -0.05) is 57.4 Å². The van der Waals surface area contributed by atoms with Crippen LogP contribution < -0.4 is 0 Å². The number of fused-ring (bicyclic) bond motifs is 3. The topological polar surface area (TPSA) is 65.0 Å². The molecule has 0 amide bonds. The van der Waals surface area contributed by atoms with Gasteiger partial charge in [0.2, 0.25) is 5.95 Å². The summed E-state index contributed by atoms with van der Waals surface area (Å²) in [7, 11) is 1.36. The number of esters is 1. The number of ether oxygens (including phenoxy) is 1. The van der Waals surface area contributed by atoms with Crippen molar-refractivity contribution in [1.29, 1.82) is 0 Å². The predicted molar refractivity (Wildman–Crippen MR) is 139 cm³/mol. The Kier molecular flexibility index (Phi) is 10.2. The largest absolute Gasteiger partial charge is 0.465 e. The molecule has 0 aromatic carbocycles. The van der Waals surface area contributed by atoms with Crippen molar-refractivity contribution in [3.8, 4) is 11.4 Å². The molecule has 0 fully saturated rings. The molecule has 1 aliphatic rings. The maximum atomic E-state index is 13.8. The molecule has 5 nitrogen and oxygen atoms in total. The van der Waals surface area contributed by atoms with Crippen LogP contribution in [0.15, 0.2) is 86.4 Å². The molecule has 3 aromatic heterocycles. The van der Waals surface area contributed by atoms with Crippen molar-refractivity contribution in [1.82, 2.24) is 15.0 Å². The smallest absolute Gasteiger partial charge is 0.338 e. The minimum absolute atomic E-state index is 0.429. The van der Waals surface area contributed by atoms with Crippen LogP contribution in [-0.4, -0.2) is 28.0 Å². The van der Waals surface area contributed by atoms with E-state index in [1.165, 1.54) is 19.4 Å². The Morgan fingerprint density at radius 2 is 1.74 bits per heavy atom. The minimum atomic E-state index is -0.628. The van der Waals surface area contributed by atoms with Gasteiger partial charge in [0.05, 0.1) is 24.1 Å². The molecule has 1 aliphatic carbocycles. The van der Waals surface area contributed by atoms with Crippen LogP contribution in [0.1, 0.15) is 54.2 Å². The molecular weight excluding hydrogens is 441 g/mol. The fraction of sp³-hybridized carbons (Fsp3) is 0.241. The summed E-state index contributed by atoms with van der Waals surface area (Å²) in [6.45, 7) is 12.7. The second-order valence-electron chi connectivity index (χ2n) is 7.46. The number of pyridine rings is 3. The highest BCUT2D eigenvalue weighted by Gasteiger charge is 2.46. The Bertz CT molecular complexity index is 1200. The monoisotopic (exact) mass is 473 g/mol. The zero-order valence-electron chi connectivity index (χ0n) is 20.8. The molecule has 0 saturated carbocycles. The van der Waals surface area contributed by atoms with Gasteiger partial charge in [0, 0.05) is 29.6 Å². The lowest BCUT2D eigenvalue weighted by Crippen LogP contribution is -2.30. The molecule has 1 unspecified atom stereocenters. The Hall–Kier alpha value is -3.93. The van der Waals surface area contributed by atoms with Crippen LogP contribution in [0.25, 0.3) is 11.4 Å². The van der Waals surface area contributed by atoms with Gasteiger partial charge in [0.1, 0.15) is 0 Å². The number of hydrogen-bond donors (Lipinski definition) is 0. The van der Waals surface area contributed by atoms with Gasteiger partial charge in [0.25, 0.3) is 0 Å². The summed E-state index contributed by atoms with van der Waals surface area (Å²) >= 11 is 0. The summed E-state index contributed by atoms with van der Waals surface area (Å²) < 4.78 is 18.9. The van der Waals surface area contributed by atoms with E-state index in [2.05, 4.69) is 34.2 Å². The Balaban J connectivity index is 0.000000655. The van der Waals surface area contributed by atoms with Crippen molar-refractivity contribution in [3.63, 3.8) is 0 Å². The number of halogens is 1. The standard InChI is InChI=1S/C23H20FN3O2.C4H6.C2H6/c1-3-4-9-23(14-15-7-11-25-18(24)13-15)17-6-5-10-26-20(17)21-19(23)16(8-12-27-21)22(28)29-2;1-3-4-2;1-2/h3-8,10-13H,9,14H2,1-2H3;3-4H,1-2H2;1-2H3/b4-3-;;. The maximum Gasteiger partial charge on any atom is 0.338 e. The lowest BCUT2D eigenvalue weighted by molar-refractivity contribution is 0.0598. The molecule has 6 heteroatoms. The summed E-state index contributed by atoms with van der Waals surface area (Å²) in [6, 6.07) is 8.78. The van der Waals surface area contributed by atoms with Crippen molar-refractivity contribution < 1.29 is 13.9 Å². The van der Waals surface area contributed by atoms with E-state index in [1.807, 2.05) is 39.0 Å². The van der Waals surface area contributed by atoms with E-state index in [-0.39, 0.29) is 0 Å². The van der Waals surface area contributed by atoms with E-state index >= 15 is 0 Å². The van der Waals surface area contributed by atoms with E-state index in [9.17, 15) is 9.18 Å². The van der Waals surface area contributed by atoms with Crippen molar-refractivity contribution in [2.75, 3.05) is 7.11 Å². The minimum Gasteiger partial charge on any atom is -0.465 e. The molecule has 0 saturated heterocycles. The quantitative estimate of drug-likeness (QED) is 0.173. The highest BCUT2D eigenvalue weighted by molar-refractivity contribution is 5.95. The fourth-order valence-electron chi connectivity index (χ4n) is 4.21. The number of allylic oxidation sites excluding steroid dienone is 4. The molecule has 3 heterocycles. The molecular formula is C29H32FN3O2. The van der Waals surface area contributed by atoms with E-state index < -0.39 is 17.3 Å². The zero-order valence-corrected chi connectivity index (χ0v) is 20.8. The molecule has 1 atom stereocenters. The first-order valence-electron chi connectivity index (χ1n) is 11.5. The molecule has 0 aliphatic heterocycles. The molecule has 35 heavy (non-hydrogen) atoms. The van der Waals surface area contributed by atoms with Gasteiger partial charge in [-0.05, 0) is 55.2 Å². The summed E-state index contributed by atoms with van der Waals surface area (Å²) in [5.41, 5.74) is 3.76. The molecule has 0 N–H and O–H groups in total. The van der Waals surface area contributed by atoms with Gasteiger partial charge in [-0.25, -0.2) is 9.78 Å². The van der Waals surface area contributed by atoms with Crippen LogP contribution in [0.4, 0.5) is 4.39 Å². The van der Waals surface area contributed by atoms with Crippen LogP contribution in [0.3, 0.4) is 0 Å². The van der Waals surface area contributed by atoms with Crippen LogP contribution in [0.5, 0.6) is 0 Å². The van der Waals surface area contributed by atoms with Gasteiger partial charge in [-0.3, -0.25) is 9.97 Å². The lowest BCUT2D eigenvalue weighted by Gasteiger charge is -2.32. The van der Waals surface area contributed by atoms with Crippen molar-refractivity contribution in [2.45, 2.75) is 39.0 Å². The van der Waals surface area contributed by atoms with Gasteiger partial charge in [0.15, 0.2) is 0 Å². The van der Waals surface area contributed by atoms with Crippen LogP contribution >= 0.6 is 0 Å². The van der Waals surface area contributed by atoms with Crippen molar-refractivity contribution >= 4 is 5.97 Å². The lowest BCUT2D eigenvalue weighted by atomic mass is 9.70. The average molecular weight is 474 g/mol. The third-order valence-corrected chi connectivity index (χ3v) is 5.55. The number of aromatic nitrogens is 3. The van der Waals surface area contributed by atoms with E-state index in [0.29, 0.717) is 24.1 Å².